The maximum absolute atomic E-state index is 13.2. The molecule has 0 saturated carbocycles. The van der Waals surface area contributed by atoms with E-state index in [0.29, 0.717) is 21.7 Å². The van der Waals surface area contributed by atoms with E-state index in [4.69, 9.17) is 11.6 Å². The normalized spacial score (nSPS) is 14.0. The SMILES string of the molecule is O=C(c1ccc(Br)cc1)[C@@H](Br)[C@H](c1ccc(Cl)cc1)[C@@H](c1ccccc1)[N+](=O)[O-]. The first-order valence-corrected chi connectivity index (χ1v) is 10.8. The van der Waals surface area contributed by atoms with Gasteiger partial charge in [-0.05, 0) is 29.8 Å². The van der Waals surface area contributed by atoms with Gasteiger partial charge in [-0.2, -0.15) is 0 Å². The molecule has 0 heterocycles. The summed E-state index contributed by atoms with van der Waals surface area (Å²) in [6, 6.07) is 21.4. The highest BCUT2D eigenvalue weighted by atomic mass is 79.9. The van der Waals surface area contributed by atoms with Gasteiger partial charge in [-0.1, -0.05) is 98.1 Å². The van der Waals surface area contributed by atoms with Crippen molar-refractivity contribution in [2.24, 2.45) is 0 Å². The number of hydrogen-bond donors (Lipinski definition) is 0. The molecule has 0 aliphatic carbocycles. The zero-order valence-corrected chi connectivity index (χ0v) is 19.0. The molecule has 3 rings (SSSR count). The Kier molecular flexibility index (Phi) is 7.22. The standard InChI is InChI=1S/C22H16Br2ClNO3/c23-17-10-6-16(7-11-17)22(27)20(24)19(14-8-12-18(25)13-9-14)21(26(28)29)15-4-2-1-3-5-15/h1-13,19-21H/t19-,20-,21+/m0/s1. The molecule has 7 heteroatoms. The average molecular weight is 538 g/mol. The van der Waals surface area contributed by atoms with Crippen molar-refractivity contribution in [1.29, 1.82) is 0 Å². The number of hydrogen-bond acceptors (Lipinski definition) is 3. The van der Waals surface area contributed by atoms with Gasteiger partial charge >= 0.3 is 0 Å². The quantitative estimate of drug-likeness (QED) is 0.143. The molecule has 0 aliphatic heterocycles. The van der Waals surface area contributed by atoms with Gasteiger partial charge in [0.25, 0.3) is 0 Å². The van der Waals surface area contributed by atoms with Gasteiger partial charge in [-0.15, -0.1) is 0 Å². The molecule has 0 amide bonds. The van der Waals surface area contributed by atoms with E-state index in [1.54, 1.807) is 78.9 Å². The minimum absolute atomic E-state index is 0.222. The molecule has 0 N–H and O–H groups in total. The third kappa shape index (κ3) is 5.13. The Balaban J connectivity index is 2.09. The molecule has 148 valence electrons. The summed E-state index contributed by atoms with van der Waals surface area (Å²) in [6.45, 7) is 0. The Morgan fingerprint density at radius 3 is 2.03 bits per heavy atom. The summed E-state index contributed by atoms with van der Waals surface area (Å²) < 4.78 is 0.849. The largest absolute Gasteiger partial charge is 0.293 e. The minimum atomic E-state index is -1.11. The molecule has 0 bridgehead atoms. The molecular formula is C22H16Br2ClNO3. The van der Waals surface area contributed by atoms with Crippen molar-refractivity contribution < 1.29 is 9.72 Å². The maximum Gasteiger partial charge on any atom is 0.246 e. The van der Waals surface area contributed by atoms with Crippen LogP contribution >= 0.6 is 43.5 Å². The highest BCUT2D eigenvalue weighted by Crippen LogP contribution is 2.40. The van der Waals surface area contributed by atoms with Crippen LogP contribution in [0.4, 0.5) is 0 Å². The van der Waals surface area contributed by atoms with E-state index in [1.807, 2.05) is 0 Å². The maximum atomic E-state index is 13.2. The number of nitro groups is 1. The molecule has 0 unspecified atom stereocenters. The number of rotatable bonds is 7. The summed E-state index contributed by atoms with van der Waals surface area (Å²) in [4.78, 5) is 24.2. The second-order valence-electron chi connectivity index (χ2n) is 6.49. The zero-order valence-electron chi connectivity index (χ0n) is 15.0. The van der Waals surface area contributed by atoms with Crippen LogP contribution in [-0.4, -0.2) is 15.5 Å². The molecule has 3 aromatic carbocycles. The van der Waals surface area contributed by atoms with Crippen LogP contribution in [0, 0.1) is 10.1 Å². The Labute approximate surface area is 190 Å². The predicted molar refractivity (Wildman–Crippen MR) is 122 cm³/mol. The Hall–Kier alpha value is -2.02. The van der Waals surface area contributed by atoms with Gasteiger partial charge in [0.1, 0.15) is 0 Å². The minimum Gasteiger partial charge on any atom is -0.293 e. The lowest BCUT2D eigenvalue weighted by Crippen LogP contribution is -2.31. The lowest BCUT2D eigenvalue weighted by atomic mass is 9.82. The summed E-state index contributed by atoms with van der Waals surface area (Å²) >= 11 is 12.9. The van der Waals surface area contributed by atoms with Crippen molar-refractivity contribution in [2.75, 3.05) is 0 Å². The number of alkyl halides is 1. The molecule has 0 aromatic heterocycles. The second-order valence-corrected chi connectivity index (χ2v) is 8.83. The summed E-state index contributed by atoms with van der Waals surface area (Å²) in [5.74, 6) is -0.957. The van der Waals surface area contributed by atoms with E-state index in [0.717, 1.165) is 4.47 Å². The molecule has 0 saturated heterocycles. The van der Waals surface area contributed by atoms with Crippen LogP contribution in [-0.2, 0) is 0 Å². The van der Waals surface area contributed by atoms with E-state index in [-0.39, 0.29) is 10.7 Å². The van der Waals surface area contributed by atoms with Crippen LogP contribution in [0.3, 0.4) is 0 Å². The fourth-order valence-electron chi connectivity index (χ4n) is 3.24. The van der Waals surface area contributed by atoms with E-state index in [1.165, 1.54) is 0 Å². The molecule has 0 fully saturated rings. The zero-order chi connectivity index (χ0) is 21.0. The lowest BCUT2D eigenvalue weighted by Gasteiger charge is -2.26. The fraction of sp³-hybridized carbons (Fsp3) is 0.136. The molecular weight excluding hydrogens is 522 g/mol. The third-order valence-corrected chi connectivity index (χ3v) is 6.42. The van der Waals surface area contributed by atoms with E-state index < -0.39 is 16.8 Å². The van der Waals surface area contributed by atoms with Gasteiger partial charge in [0.15, 0.2) is 5.78 Å². The van der Waals surface area contributed by atoms with Crippen LogP contribution in [0.15, 0.2) is 83.3 Å². The molecule has 0 radical (unpaired) electrons. The molecule has 4 nitrogen and oxygen atoms in total. The second kappa shape index (κ2) is 9.65. The van der Waals surface area contributed by atoms with E-state index in [9.17, 15) is 14.9 Å². The molecule has 29 heavy (non-hydrogen) atoms. The predicted octanol–water partition coefficient (Wildman–Crippen LogP) is 6.85. The van der Waals surface area contributed by atoms with Gasteiger partial charge in [0, 0.05) is 25.5 Å². The topological polar surface area (TPSA) is 60.2 Å². The third-order valence-electron chi connectivity index (χ3n) is 4.66. The van der Waals surface area contributed by atoms with Crippen LogP contribution in [0.25, 0.3) is 0 Å². The van der Waals surface area contributed by atoms with Gasteiger partial charge in [-0.3, -0.25) is 14.9 Å². The Bertz CT molecular complexity index is 995. The monoisotopic (exact) mass is 535 g/mol. The average Bonchev–Trinajstić information content (AvgIpc) is 2.72. The lowest BCUT2D eigenvalue weighted by molar-refractivity contribution is -0.533. The van der Waals surface area contributed by atoms with E-state index in [2.05, 4.69) is 31.9 Å². The summed E-state index contributed by atoms with van der Waals surface area (Å²) in [5.41, 5.74) is 1.67. The number of halogens is 3. The van der Waals surface area contributed by atoms with Crippen molar-refractivity contribution in [3.8, 4) is 0 Å². The number of ketones is 1. The highest BCUT2D eigenvalue weighted by Gasteiger charge is 2.42. The van der Waals surface area contributed by atoms with Crippen LogP contribution in [0.5, 0.6) is 0 Å². The summed E-state index contributed by atoms with van der Waals surface area (Å²) in [5, 5.41) is 12.7. The number of nitrogens with zero attached hydrogens (tertiary/aromatic N) is 1. The van der Waals surface area contributed by atoms with Gasteiger partial charge in [-0.25, -0.2) is 0 Å². The van der Waals surface area contributed by atoms with Gasteiger partial charge in [0.05, 0.1) is 10.7 Å². The van der Waals surface area contributed by atoms with Crippen LogP contribution < -0.4 is 0 Å². The van der Waals surface area contributed by atoms with Crippen molar-refractivity contribution in [3.63, 3.8) is 0 Å². The number of carbonyl (C=O) groups is 1. The Morgan fingerprint density at radius 2 is 1.48 bits per heavy atom. The molecule has 3 aromatic rings. The number of carbonyl (C=O) groups excluding carboxylic acids is 1. The summed E-state index contributed by atoms with van der Waals surface area (Å²) in [6.07, 6.45) is 0. The first-order valence-electron chi connectivity index (χ1n) is 8.76. The van der Waals surface area contributed by atoms with Gasteiger partial charge < -0.3 is 0 Å². The molecule has 3 atom stereocenters. The summed E-state index contributed by atoms with van der Waals surface area (Å²) in [7, 11) is 0. The number of Topliss-reactive ketones (excluding diaryl/α,β-unsaturated/α-hetero) is 1. The molecule has 0 spiro atoms. The smallest absolute Gasteiger partial charge is 0.246 e. The van der Waals surface area contributed by atoms with Crippen molar-refractivity contribution >= 4 is 49.2 Å². The fourth-order valence-corrected chi connectivity index (χ4v) is 4.49. The van der Waals surface area contributed by atoms with Crippen molar-refractivity contribution in [2.45, 2.75) is 16.8 Å². The van der Waals surface area contributed by atoms with Crippen LogP contribution in [0.1, 0.15) is 33.4 Å². The Morgan fingerprint density at radius 1 is 0.897 bits per heavy atom. The first-order chi connectivity index (χ1) is 13.9. The first kappa shape index (κ1) is 21.7. The molecule has 0 aliphatic rings. The van der Waals surface area contributed by atoms with Crippen molar-refractivity contribution in [3.05, 3.63) is 115 Å². The highest BCUT2D eigenvalue weighted by molar-refractivity contribution is 9.10. The van der Waals surface area contributed by atoms with Gasteiger partial charge in [0.2, 0.25) is 6.04 Å². The number of benzene rings is 3. The van der Waals surface area contributed by atoms with Crippen LogP contribution in [0.2, 0.25) is 5.02 Å². The van der Waals surface area contributed by atoms with Crippen molar-refractivity contribution in [1.82, 2.24) is 0 Å². The van der Waals surface area contributed by atoms with E-state index >= 15 is 0 Å².